The topological polar surface area (TPSA) is 24.1 Å². The maximum atomic E-state index is 3.30. The van der Waals surface area contributed by atoms with Crippen LogP contribution < -0.4 is 10.6 Å². The summed E-state index contributed by atoms with van der Waals surface area (Å²) >= 11 is 0. The van der Waals surface area contributed by atoms with Gasteiger partial charge < -0.3 is 10.6 Å². The number of hydrogen-bond donors (Lipinski definition) is 2. The van der Waals surface area contributed by atoms with Gasteiger partial charge in [-0.15, -0.1) is 0 Å². The maximum absolute atomic E-state index is 3.30. The summed E-state index contributed by atoms with van der Waals surface area (Å²) in [7, 11) is 1.99. The van der Waals surface area contributed by atoms with Crippen LogP contribution in [0.2, 0.25) is 0 Å². The maximum Gasteiger partial charge on any atom is 0.0569 e. The Morgan fingerprint density at radius 3 is 2.86 bits per heavy atom. The Labute approximate surface area is 44.3 Å². The first kappa shape index (κ1) is 5.06. The van der Waals surface area contributed by atoms with E-state index in [1.807, 2.05) is 7.05 Å². The van der Waals surface area contributed by atoms with Crippen molar-refractivity contribution < 1.29 is 0 Å². The number of rotatable bonds is 1. The molecule has 1 atom stereocenters. The van der Waals surface area contributed by atoms with E-state index in [2.05, 4.69) is 10.6 Å². The van der Waals surface area contributed by atoms with Gasteiger partial charge in [0.25, 0.3) is 0 Å². The molecule has 0 unspecified atom stereocenters. The van der Waals surface area contributed by atoms with Gasteiger partial charge >= 0.3 is 0 Å². The molecule has 0 radical (unpaired) electrons. The largest absolute Gasteiger partial charge is 0.305 e. The molecule has 0 amide bonds. The van der Waals surface area contributed by atoms with Crippen molar-refractivity contribution in [2.24, 2.45) is 0 Å². The van der Waals surface area contributed by atoms with Crippen LogP contribution in [0.1, 0.15) is 12.8 Å². The highest BCUT2D eigenvalue weighted by Gasteiger charge is 2.09. The average Bonchev–Trinajstić information content (AvgIpc) is 2.14. The van der Waals surface area contributed by atoms with E-state index in [9.17, 15) is 0 Å². The third-order valence-corrected chi connectivity index (χ3v) is 1.41. The summed E-state index contributed by atoms with van der Waals surface area (Å²) in [6, 6.07) is 0. The Morgan fingerprint density at radius 1 is 1.71 bits per heavy atom. The quantitative estimate of drug-likeness (QED) is 0.481. The van der Waals surface area contributed by atoms with Crippen LogP contribution >= 0.6 is 0 Å². The average molecular weight is 100 g/mol. The first-order valence-electron chi connectivity index (χ1n) is 2.84. The molecule has 42 valence electrons. The molecule has 7 heavy (non-hydrogen) atoms. The van der Waals surface area contributed by atoms with Crippen LogP contribution in [0.5, 0.6) is 0 Å². The highest BCUT2D eigenvalue weighted by Crippen LogP contribution is 1.99. The van der Waals surface area contributed by atoms with E-state index >= 15 is 0 Å². The summed E-state index contributed by atoms with van der Waals surface area (Å²) in [5.41, 5.74) is 0. The number of nitrogens with one attached hydrogen (secondary N) is 2. The summed E-state index contributed by atoms with van der Waals surface area (Å²) in [5, 5.41) is 6.45. The highest BCUT2D eigenvalue weighted by molar-refractivity contribution is 4.68. The second-order valence-electron chi connectivity index (χ2n) is 1.94. The van der Waals surface area contributed by atoms with Crippen LogP contribution in [0.25, 0.3) is 0 Å². The van der Waals surface area contributed by atoms with Gasteiger partial charge in [-0.1, -0.05) is 0 Å². The molecule has 1 aliphatic heterocycles. The first-order chi connectivity index (χ1) is 3.43. The van der Waals surface area contributed by atoms with Crippen LogP contribution in [0.4, 0.5) is 0 Å². The zero-order chi connectivity index (χ0) is 5.11. The molecule has 2 nitrogen and oxygen atoms in total. The highest BCUT2D eigenvalue weighted by atomic mass is 15.1. The summed E-state index contributed by atoms with van der Waals surface area (Å²) < 4.78 is 0. The van der Waals surface area contributed by atoms with Crippen LogP contribution in [0, 0.1) is 0 Å². The van der Waals surface area contributed by atoms with Gasteiger partial charge in [0.15, 0.2) is 0 Å². The van der Waals surface area contributed by atoms with Crippen LogP contribution in [-0.2, 0) is 0 Å². The molecule has 1 rings (SSSR count). The lowest BCUT2D eigenvalue weighted by molar-refractivity contribution is 0.530. The molecule has 0 aromatic heterocycles. The van der Waals surface area contributed by atoms with Crippen molar-refractivity contribution in [1.82, 2.24) is 10.6 Å². The zero-order valence-electron chi connectivity index (χ0n) is 4.70. The third-order valence-electron chi connectivity index (χ3n) is 1.41. The van der Waals surface area contributed by atoms with E-state index in [0.717, 1.165) is 0 Å². The van der Waals surface area contributed by atoms with Gasteiger partial charge in [-0.05, 0) is 26.4 Å². The summed E-state index contributed by atoms with van der Waals surface area (Å²) in [5.74, 6) is 0. The molecule has 1 fully saturated rings. The van der Waals surface area contributed by atoms with E-state index in [-0.39, 0.29) is 0 Å². The standard InChI is InChI=1S/C5H12N2/c1-6-5-3-2-4-7-5/h5-7H,2-4H2,1H3/t5-/m1/s1. The van der Waals surface area contributed by atoms with Gasteiger partial charge in [-0.2, -0.15) is 0 Å². The summed E-state index contributed by atoms with van der Waals surface area (Å²) in [6.07, 6.45) is 3.21. The van der Waals surface area contributed by atoms with E-state index in [1.165, 1.54) is 19.4 Å². The predicted molar refractivity (Wildman–Crippen MR) is 30.1 cm³/mol. The Bertz CT molecular complexity index is 48.0. The minimum absolute atomic E-state index is 0.597. The molecule has 1 aliphatic rings. The fourth-order valence-electron chi connectivity index (χ4n) is 0.931. The SMILES string of the molecule is CN[C@H]1CCCN1. The van der Waals surface area contributed by atoms with Crippen LogP contribution in [0.3, 0.4) is 0 Å². The minimum atomic E-state index is 0.597. The molecule has 1 heterocycles. The van der Waals surface area contributed by atoms with Gasteiger partial charge in [0, 0.05) is 0 Å². The molecule has 2 heteroatoms. The van der Waals surface area contributed by atoms with Crippen molar-refractivity contribution in [3.63, 3.8) is 0 Å². The Hall–Kier alpha value is -0.0800. The lowest BCUT2D eigenvalue weighted by Crippen LogP contribution is -2.34. The predicted octanol–water partition coefficient (Wildman–Crippen LogP) is -0.0847. The van der Waals surface area contributed by atoms with E-state index < -0.39 is 0 Å². The molecule has 0 aromatic rings. The van der Waals surface area contributed by atoms with Crippen molar-refractivity contribution in [2.45, 2.75) is 19.0 Å². The molecule has 1 saturated heterocycles. The van der Waals surface area contributed by atoms with Crippen molar-refractivity contribution in [1.29, 1.82) is 0 Å². The number of hydrogen-bond acceptors (Lipinski definition) is 2. The Kier molecular flexibility index (Phi) is 1.65. The van der Waals surface area contributed by atoms with Gasteiger partial charge in [-0.3, -0.25) is 0 Å². The van der Waals surface area contributed by atoms with Crippen LogP contribution in [-0.4, -0.2) is 19.8 Å². The van der Waals surface area contributed by atoms with Crippen molar-refractivity contribution in [3.05, 3.63) is 0 Å². The molecule has 0 spiro atoms. The van der Waals surface area contributed by atoms with E-state index in [1.54, 1.807) is 0 Å². The second kappa shape index (κ2) is 2.28. The second-order valence-corrected chi connectivity index (χ2v) is 1.94. The fraction of sp³-hybridized carbons (Fsp3) is 1.00. The molecule has 0 aliphatic carbocycles. The fourth-order valence-corrected chi connectivity index (χ4v) is 0.931. The first-order valence-corrected chi connectivity index (χ1v) is 2.84. The van der Waals surface area contributed by atoms with Crippen LogP contribution in [0.15, 0.2) is 0 Å². The van der Waals surface area contributed by atoms with Gasteiger partial charge in [0.2, 0.25) is 0 Å². The summed E-state index contributed by atoms with van der Waals surface area (Å²) in [6.45, 7) is 1.19. The smallest absolute Gasteiger partial charge is 0.0569 e. The molecule has 2 N–H and O–H groups in total. The van der Waals surface area contributed by atoms with Crippen molar-refractivity contribution in [2.75, 3.05) is 13.6 Å². The van der Waals surface area contributed by atoms with Gasteiger partial charge in [-0.25, -0.2) is 0 Å². The van der Waals surface area contributed by atoms with E-state index in [0.29, 0.717) is 6.17 Å². The van der Waals surface area contributed by atoms with Crippen molar-refractivity contribution >= 4 is 0 Å². The van der Waals surface area contributed by atoms with Crippen molar-refractivity contribution in [3.8, 4) is 0 Å². The Balaban J connectivity index is 2.14. The Morgan fingerprint density at radius 2 is 2.57 bits per heavy atom. The monoisotopic (exact) mass is 100 g/mol. The van der Waals surface area contributed by atoms with Gasteiger partial charge in [0.1, 0.15) is 0 Å². The molecule has 0 saturated carbocycles. The zero-order valence-corrected chi connectivity index (χ0v) is 4.70. The lowest BCUT2D eigenvalue weighted by atomic mass is 10.3. The lowest BCUT2D eigenvalue weighted by Gasteiger charge is -2.05. The van der Waals surface area contributed by atoms with E-state index in [4.69, 9.17) is 0 Å². The van der Waals surface area contributed by atoms with Gasteiger partial charge in [0.05, 0.1) is 6.17 Å². The third kappa shape index (κ3) is 1.14. The normalized spacial score (nSPS) is 31.3. The molecular formula is C5H12N2. The summed E-state index contributed by atoms with van der Waals surface area (Å²) in [4.78, 5) is 0. The molecule has 0 bridgehead atoms. The molecule has 0 aromatic carbocycles. The molecular weight excluding hydrogens is 88.1 g/mol. The minimum Gasteiger partial charge on any atom is -0.305 e.